The molecule has 5 nitrogen and oxygen atoms in total. The maximum atomic E-state index is 11.4. The molecule has 0 spiro atoms. The normalized spacial score (nSPS) is 11.8. The molecule has 5 heteroatoms. The van der Waals surface area contributed by atoms with Gasteiger partial charge in [-0.1, -0.05) is 0 Å². The van der Waals surface area contributed by atoms with Crippen molar-refractivity contribution < 1.29 is 4.74 Å². The number of aromatic amines is 1. The summed E-state index contributed by atoms with van der Waals surface area (Å²) in [4.78, 5) is 18.4. The average Bonchev–Trinajstić information content (AvgIpc) is 2.22. The van der Waals surface area contributed by atoms with E-state index in [1.807, 2.05) is 6.92 Å². The molecule has 0 saturated carbocycles. The Bertz CT molecular complexity index is 407. The summed E-state index contributed by atoms with van der Waals surface area (Å²) in [5.74, 6) is 0.574. The van der Waals surface area contributed by atoms with Crippen molar-refractivity contribution in [2.24, 2.45) is 0 Å². The second-order valence-electron chi connectivity index (χ2n) is 4.92. The van der Waals surface area contributed by atoms with Gasteiger partial charge in [0.25, 0.3) is 5.56 Å². The van der Waals surface area contributed by atoms with Crippen LogP contribution in [-0.4, -0.2) is 22.1 Å². The molecule has 0 bridgehead atoms. The Balaban J connectivity index is 2.72. The summed E-state index contributed by atoms with van der Waals surface area (Å²) in [7, 11) is 0. The van der Waals surface area contributed by atoms with E-state index in [1.165, 1.54) is 6.07 Å². The summed E-state index contributed by atoms with van der Waals surface area (Å²) in [6, 6.07) is 1.51. The lowest BCUT2D eigenvalue weighted by Gasteiger charge is -2.20. The number of aromatic nitrogens is 2. The van der Waals surface area contributed by atoms with Crippen LogP contribution < -0.4 is 10.9 Å². The fraction of sp³-hybridized carbons (Fsp3) is 0.667. The van der Waals surface area contributed by atoms with Crippen LogP contribution in [0.4, 0.5) is 0 Å². The number of hydrogen-bond donors (Lipinski definition) is 2. The van der Waals surface area contributed by atoms with E-state index in [2.05, 4.69) is 36.1 Å². The van der Waals surface area contributed by atoms with Crippen molar-refractivity contribution in [3.8, 4) is 0 Å². The van der Waals surface area contributed by atoms with Crippen molar-refractivity contribution in [1.29, 1.82) is 0 Å². The Morgan fingerprint density at radius 2 is 2.18 bits per heavy atom. The van der Waals surface area contributed by atoms with E-state index >= 15 is 0 Å². The molecule has 0 aliphatic heterocycles. The van der Waals surface area contributed by atoms with Gasteiger partial charge in [-0.2, -0.15) is 0 Å². The zero-order chi connectivity index (χ0) is 12.9. The number of nitrogens with one attached hydrogen (secondary N) is 2. The molecule has 0 aliphatic carbocycles. The summed E-state index contributed by atoms with van der Waals surface area (Å²) >= 11 is 0. The van der Waals surface area contributed by atoms with Gasteiger partial charge < -0.3 is 15.0 Å². The van der Waals surface area contributed by atoms with Gasteiger partial charge in [0.05, 0.1) is 5.69 Å². The Labute approximate surface area is 102 Å². The minimum absolute atomic E-state index is 0.00433. The molecule has 2 N–H and O–H groups in total. The third-order valence-electron chi connectivity index (χ3n) is 2.09. The van der Waals surface area contributed by atoms with Crippen molar-refractivity contribution in [2.75, 3.05) is 6.61 Å². The highest BCUT2D eigenvalue weighted by atomic mass is 16.5. The molecule has 0 aliphatic rings. The molecule has 0 saturated heterocycles. The maximum Gasteiger partial charge on any atom is 0.251 e. The van der Waals surface area contributed by atoms with E-state index in [1.54, 1.807) is 0 Å². The molecule has 0 fully saturated rings. The van der Waals surface area contributed by atoms with Crippen LogP contribution >= 0.6 is 0 Å². The molecule has 0 amide bonds. The first-order chi connectivity index (χ1) is 7.90. The van der Waals surface area contributed by atoms with E-state index in [9.17, 15) is 4.79 Å². The molecular formula is C12H21N3O2. The third-order valence-corrected chi connectivity index (χ3v) is 2.09. The van der Waals surface area contributed by atoms with E-state index in [-0.39, 0.29) is 11.1 Å². The molecule has 96 valence electrons. The van der Waals surface area contributed by atoms with Crippen LogP contribution in [0.1, 0.15) is 39.2 Å². The Kier molecular flexibility index (Phi) is 4.84. The topological polar surface area (TPSA) is 67.0 Å². The predicted molar refractivity (Wildman–Crippen MR) is 66.8 cm³/mol. The molecular weight excluding hydrogens is 218 g/mol. The van der Waals surface area contributed by atoms with E-state index in [0.717, 1.165) is 5.69 Å². The van der Waals surface area contributed by atoms with E-state index < -0.39 is 0 Å². The largest absolute Gasteiger partial charge is 0.374 e. The van der Waals surface area contributed by atoms with Gasteiger partial charge >= 0.3 is 0 Å². The number of nitrogens with zero attached hydrogens (tertiary/aromatic N) is 1. The molecule has 1 rings (SSSR count). The van der Waals surface area contributed by atoms with Crippen LogP contribution in [0.15, 0.2) is 10.9 Å². The van der Waals surface area contributed by atoms with Crippen molar-refractivity contribution in [1.82, 2.24) is 15.3 Å². The first-order valence-electron chi connectivity index (χ1n) is 5.82. The fourth-order valence-electron chi connectivity index (χ4n) is 1.28. The number of H-pyrrole nitrogens is 1. The zero-order valence-electron chi connectivity index (χ0n) is 11.0. The van der Waals surface area contributed by atoms with E-state index in [4.69, 9.17) is 4.74 Å². The zero-order valence-corrected chi connectivity index (χ0v) is 11.0. The van der Waals surface area contributed by atoms with Gasteiger partial charge in [0.2, 0.25) is 0 Å². The third kappa shape index (κ3) is 5.60. The average molecular weight is 239 g/mol. The van der Waals surface area contributed by atoms with Crippen LogP contribution in [0.5, 0.6) is 0 Å². The molecule has 0 atom stereocenters. The van der Waals surface area contributed by atoms with Gasteiger partial charge in [-0.15, -0.1) is 0 Å². The smallest absolute Gasteiger partial charge is 0.251 e. The Morgan fingerprint density at radius 1 is 1.47 bits per heavy atom. The number of rotatable bonds is 5. The van der Waals surface area contributed by atoms with Crippen LogP contribution in [0.2, 0.25) is 0 Å². The molecule has 1 aromatic heterocycles. The lowest BCUT2D eigenvalue weighted by molar-refractivity contribution is 0.128. The second-order valence-corrected chi connectivity index (χ2v) is 4.92. The number of hydrogen-bond acceptors (Lipinski definition) is 4. The van der Waals surface area contributed by atoms with Gasteiger partial charge in [0.1, 0.15) is 12.4 Å². The molecule has 0 unspecified atom stereocenters. The summed E-state index contributed by atoms with van der Waals surface area (Å²) in [5.41, 5.74) is 0.600. The van der Waals surface area contributed by atoms with Crippen LogP contribution in [-0.2, 0) is 17.9 Å². The first-order valence-corrected chi connectivity index (χ1v) is 5.82. The molecule has 0 aromatic carbocycles. The second kappa shape index (κ2) is 5.93. The first kappa shape index (κ1) is 13.9. The number of ether oxygens (including phenoxy) is 1. The highest BCUT2D eigenvalue weighted by molar-refractivity contribution is 5.02. The highest BCUT2D eigenvalue weighted by Gasteiger charge is 2.09. The molecule has 1 aromatic rings. The maximum absolute atomic E-state index is 11.4. The molecule has 1 heterocycles. The SMILES string of the molecule is CCOCc1nc(CNC(C)(C)C)cc(=O)[nH]1. The summed E-state index contributed by atoms with van der Waals surface area (Å²) in [6.45, 7) is 9.64. The quantitative estimate of drug-likeness (QED) is 0.810. The van der Waals surface area contributed by atoms with Gasteiger partial charge in [-0.25, -0.2) is 4.98 Å². The van der Waals surface area contributed by atoms with Gasteiger partial charge in [-0.3, -0.25) is 4.79 Å². The van der Waals surface area contributed by atoms with Crippen LogP contribution in [0, 0.1) is 0 Å². The minimum Gasteiger partial charge on any atom is -0.374 e. The van der Waals surface area contributed by atoms with Gasteiger partial charge in [0, 0.05) is 24.8 Å². The highest BCUT2D eigenvalue weighted by Crippen LogP contribution is 2.01. The molecule has 17 heavy (non-hydrogen) atoms. The standard InChI is InChI=1S/C12H21N3O2/c1-5-17-8-10-14-9(6-11(16)15-10)7-13-12(2,3)4/h6,13H,5,7-8H2,1-4H3,(H,14,15,16). The van der Waals surface area contributed by atoms with Crippen LogP contribution in [0.3, 0.4) is 0 Å². The lowest BCUT2D eigenvalue weighted by atomic mass is 10.1. The summed E-state index contributed by atoms with van der Waals surface area (Å²) in [6.07, 6.45) is 0. The summed E-state index contributed by atoms with van der Waals surface area (Å²) in [5, 5.41) is 3.29. The van der Waals surface area contributed by atoms with Crippen LogP contribution in [0.25, 0.3) is 0 Å². The Hall–Kier alpha value is -1.20. The van der Waals surface area contributed by atoms with E-state index in [0.29, 0.717) is 25.6 Å². The van der Waals surface area contributed by atoms with Crippen molar-refractivity contribution in [3.63, 3.8) is 0 Å². The predicted octanol–water partition coefficient (Wildman–Crippen LogP) is 1.19. The van der Waals surface area contributed by atoms with Gasteiger partial charge in [0.15, 0.2) is 0 Å². The Morgan fingerprint density at radius 3 is 2.76 bits per heavy atom. The van der Waals surface area contributed by atoms with Crippen molar-refractivity contribution >= 4 is 0 Å². The monoisotopic (exact) mass is 239 g/mol. The minimum atomic E-state index is -0.139. The summed E-state index contributed by atoms with van der Waals surface area (Å²) < 4.78 is 5.22. The van der Waals surface area contributed by atoms with Gasteiger partial charge in [-0.05, 0) is 27.7 Å². The van der Waals surface area contributed by atoms with Crippen molar-refractivity contribution in [2.45, 2.75) is 46.4 Å². The molecule has 0 radical (unpaired) electrons. The fourth-order valence-corrected chi connectivity index (χ4v) is 1.28. The van der Waals surface area contributed by atoms with Crippen molar-refractivity contribution in [3.05, 3.63) is 27.9 Å². The lowest BCUT2D eigenvalue weighted by Crippen LogP contribution is -2.35.